The minimum atomic E-state index is -0.581. The van der Waals surface area contributed by atoms with Gasteiger partial charge >= 0.3 is 5.97 Å². The van der Waals surface area contributed by atoms with E-state index in [0.717, 1.165) is 4.90 Å². The van der Waals surface area contributed by atoms with Gasteiger partial charge in [-0.3, -0.25) is 14.5 Å². The van der Waals surface area contributed by atoms with Gasteiger partial charge in [0.15, 0.2) is 5.69 Å². The predicted molar refractivity (Wildman–Crippen MR) is 90.9 cm³/mol. The fraction of sp³-hybridized carbons (Fsp3) is 0.176. The van der Waals surface area contributed by atoms with Gasteiger partial charge in [-0.15, -0.1) is 0 Å². The lowest BCUT2D eigenvalue weighted by Gasteiger charge is -2.15. The number of carbonyl (C=O) groups is 3. The van der Waals surface area contributed by atoms with E-state index >= 15 is 0 Å². The quantitative estimate of drug-likeness (QED) is 0.550. The fourth-order valence-corrected chi connectivity index (χ4v) is 2.61. The number of hydrogen-bond acceptors (Lipinski definition) is 5. The van der Waals surface area contributed by atoms with E-state index in [4.69, 9.17) is 4.74 Å². The Hall–Kier alpha value is -2.54. The number of halogens is 1. The molecule has 2 heterocycles. The molecule has 1 aromatic rings. The third-order valence-electron chi connectivity index (χ3n) is 3.34. The summed E-state index contributed by atoms with van der Waals surface area (Å²) in [5.41, 5.74) is 0.890. The number of imide groups is 1. The molecule has 0 aliphatic carbocycles. The minimum absolute atomic E-state index is 0.0635. The lowest BCUT2D eigenvalue weighted by molar-refractivity contribution is -0.138. The molecule has 7 heteroatoms. The van der Waals surface area contributed by atoms with E-state index in [2.05, 4.69) is 34.1 Å². The topological polar surface area (TPSA) is 76.6 Å². The summed E-state index contributed by atoms with van der Waals surface area (Å²) in [5, 5.41) is 0. The summed E-state index contributed by atoms with van der Waals surface area (Å²) in [5.74, 6) is -1.51. The van der Waals surface area contributed by atoms with E-state index in [0.29, 0.717) is 10.2 Å². The summed E-state index contributed by atoms with van der Waals surface area (Å²) in [6.45, 7) is 8.94. The Kier molecular flexibility index (Phi) is 5.46. The molecule has 0 saturated carbocycles. The zero-order valence-electron chi connectivity index (χ0n) is 13.0. The number of ether oxygens (including phenoxy) is 1. The number of pyridine rings is 1. The van der Waals surface area contributed by atoms with Crippen molar-refractivity contribution < 1.29 is 19.1 Å². The highest BCUT2D eigenvalue weighted by Gasteiger charge is 2.35. The van der Waals surface area contributed by atoms with Gasteiger partial charge in [-0.1, -0.05) is 25.3 Å². The number of amides is 2. The summed E-state index contributed by atoms with van der Waals surface area (Å²) in [6, 6.07) is 3.24. The van der Waals surface area contributed by atoms with Crippen LogP contribution in [-0.4, -0.2) is 34.3 Å². The predicted octanol–water partition coefficient (Wildman–Crippen LogP) is 2.56. The molecule has 0 atom stereocenters. The molecule has 1 aromatic heterocycles. The maximum Gasteiger partial charge on any atom is 0.358 e. The summed E-state index contributed by atoms with van der Waals surface area (Å²) in [6.07, 6.45) is 2.66. The average molecular weight is 391 g/mol. The molecule has 1 aliphatic heterocycles. The third-order valence-corrected chi connectivity index (χ3v) is 3.98. The number of hydrogen-bond donors (Lipinski definition) is 0. The Balaban J connectivity index is 2.30. The highest BCUT2D eigenvalue weighted by molar-refractivity contribution is 9.10. The van der Waals surface area contributed by atoms with E-state index in [-0.39, 0.29) is 30.0 Å². The van der Waals surface area contributed by atoms with E-state index in [1.807, 2.05) is 0 Å². The molecule has 0 radical (unpaired) electrons. The van der Waals surface area contributed by atoms with Crippen molar-refractivity contribution in [3.63, 3.8) is 0 Å². The van der Waals surface area contributed by atoms with Crippen LogP contribution in [0.4, 0.5) is 0 Å². The first-order chi connectivity index (χ1) is 11.4. The largest absolute Gasteiger partial charge is 0.461 e. The van der Waals surface area contributed by atoms with Gasteiger partial charge in [0.2, 0.25) is 0 Å². The number of esters is 1. The fourth-order valence-electron chi connectivity index (χ4n) is 2.23. The zero-order chi connectivity index (χ0) is 17.9. The van der Waals surface area contributed by atoms with Gasteiger partial charge in [0.1, 0.15) is 0 Å². The second-order valence-electron chi connectivity index (χ2n) is 4.79. The SMILES string of the molecule is C=CC1=C(C=C)C(=O)N(Cc2ccc(Br)c(C(=O)OCC)n2)C1=O. The van der Waals surface area contributed by atoms with Gasteiger partial charge < -0.3 is 4.74 Å². The van der Waals surface area contributed by atoms with Crippen LogP contribution in [0.3, 0.4) is 0 Å². The molecule has 0 unspecified atom stereocenters. The van der Waals surface area contributed by atoms with Crippen LogP contribution in [0.5, 0.6) is 0 Å². The Bertz CT molecular complexity index is 753. The number of aromatic nitrogens is 1. The summed E-state index contributed by atoms with van der Waals surface area (Å²) in [7, 11) is 0. The highest BCUT2D eigenvalue weighted by Crippen LogP contribution is 2.24. The molecule has 24 heavy (non-hydrogen) atoms. The Morgan fingerprint density at radius 1 is 1.25 bits per heavy atom. The van der Waals surface area contributed by atoms with Gasteiger partial charge in [-0.2, -0.15) is 0 Å². The molecule has 0 N–H and O–H groups in total. The molecule has 1 aliphatic rings. The Labute approximate surface area is 147 Å². The molecule has 0 aromatic carbocycles. The van der Waals surface area contributed by atoms with Crippen molar-refractivity contribution in [2.24, 2.45) is 0 Å². The van der Waals surface area contributed by atoms with Crippen LogP contribution >= 0.6 is 15.9 Å². The monoisotopic (exact) mass is 390 g/mol. The molecule has 0 fully saturated rings. The van der Waals surface area contributed by atoms with Crippen LogP contribution in [0.25, 0.3) is 0 Å². The van der Waals surface area contributed by atoms with E-state index < -0.39 is 17.8 Å². The third kappa shape index (κ3) is 3.21. The Morgan fingerprint density at radius 2 is 1.83 bits per heavy atom. The van der Waals surface area contributed by atoms with Gasteiger partial charge in [-0.05, 0) is 35.0 Å². The van der Waals surface area contributed by atoms with Crippen LogP contribution in [0, 0.1) is 0 Å². The van der Waals surface area contributed by atoms with Gasteiger partial charge in [0, 0.05) is 0 Å². The lowest BCUT2D eigenvalue weighted by Crippen LogP contribution is -2.31. The van der Waals surface area contributed by atoms with E-state index in [9.17, 15) is 14.4 Å². The zero-order valence-corrected chi connectivity index (χ0v) is 14.6. The van der Waals surface area contributed by atoms with Crippen molar-refractivity contribution in [3.05, 3.63) is 64.4 Å². The standard InChI is InChI=1S/C17H15BrN2O4/c1-4-11-12(5-2)16(22)20(15(11)21)9-10-7-8-13(18)14(19-10)17(23)24-6-3/h4-5,7-8H,1-2,6,9H2,3H3. The van der Waals surface area contributed by atoms with Crippen molar-refractivity contribution in [2.45, 2.75) is 13.5 Å². The molecule has 0 saturated heterocycles. The first-order valence-corrected chi connectivity index (χ1v) is 7.91. The maximum absolute atomic E-state index is 12.3. The first-order valence-electron chi connectivity index (χ1n) is 7.12. The van der Waals surface area contributed by atoms with Crippen LogP contribution in [0.1, 0.15) is 23.1 Å². The molecule has 2 amide bonds. The maximum atomic E-state index is 12.3. The molecule has 124 valence electrons. The first kappa shape index (κ1) is 17.8. The normalized spacial score (nSPS) is 14.2. The molecule has 2 rings (SSSR count). The van der Waals surface area contributed by atoms with Crippen LogP contribution < -0.4 is 0 Å². The average Bonchev–Trinajstić information content (AvgIpc) is 2.79. The van der Waals surface area contributed by atoms with E-state index in [1.54, 1.807) is 19.1 Å². The molecular weight excluding hydrogens is 376 g/mol. The van der Waals surface area contributed by atoms with Crippen molar-refractivity contribution in [3.8, 4) is 0 Å². The van der Waals surface area contributed by atoms with Crippen LogP contribution in [0.15, 0.2) is 53.1 Å². The number of carbonyl (C=O) groups excluding carboxylic acids is 3. The van der Waals surface area contributed by atoms with Gasteiger partial charge in [0.25, 0.3) is 11.8 Å². The molecule has 0 bridgehead atoms. The van der Waals surface area contributed by atoms with Crippen molar-refractivity contribution in [1.29, 1.82) is 0 Å². The van der Waals surface area contributed by atoms with Crippen molar-refractivity contribution >= 4 is 33.7 Å². The lowest BCUT2D eigenvalue weighted by atomic mass is 10.1. The number of rotatable bonds is 6. The van der Waals surface area contributed by atoms with Crippen molar-refractivity contribution in [2.75, 3.05) is 6.61 Å². The van der Waals surface area contributed by atoms with Crippen molar-refractivity contribution in [1.82, 2.24) is 9.88 Å². The summed E-state index contributed by atoms with van der Waals surface area (Å²) < 4.78 is 5.40. The summed E-state index contributed by atoms with van der Waals surface area (Å²) >= 11 is 3.23. The Morgan fingerprint density at radius 3 is 2.33 bits per heavy atom. The second-order valence-corrected chi connectivity index (χ2v) is 5.64. The highest BCUT2D eigenvalue weighted by atomic mass is 79.9. The smallest absolute Gasteiger partial charge is 0.358 e. The minimum Gasteiger partial charge on any atom is -0.461 e. The molecule has 0 spiro atoms. The van der Waals surface area contributed by atoms with Crippen LogP contribution in [0.2, 0.25) is 0 Å². The molecule has 6 nitrogen and oxygen atoms in total. The molecular formula is C17H15BrN2O4. The van der Waals surface area contributed by atoms with E-state index in [1.165, 1.54) is 12.2 Å². The number of nitrogens with zero attached hydrogens (tertiary/aromatic N) is 2. The van der Waals surface area contributed by atoms with Gasteiger partial charge in [0.05, 0.1) is 34.5 Å². The summed E-state index contributed by atoms with van der Waals surface area (Å²) in [4.78, 5) is 41.7. The van der Waals surface area contributed by atoms with Crippen LogP contribution in [-0.2, 0) is 20.9 Å². The van der Waals surface area contributed by atoms with Gasteiger partial charge in [-0.25, -0.2) is 9.78 Å². The second kappa shape index (κ2) is 7.35.